The second-order valence-corrected chi connectivity index (χ2v) is 6.44. The van der Waals surface area contributed by atoms with E-state index in [2.05, 4.69) is 77.6 Å². The molecule has 126 valence electrons. The number of hydrogen-bond acceptors (Lipinski definition) is 2. The Hall–Kier alpha value is -3.26. The Bertz CT molecular complexity index is 979. The quantitative estimate of drug-likeness (QED) is 0.560. The summed E-state index contributed by atoms with van der Waals surface area (Å²) in [5.41, 5.74) is 8.02. The van der Waals surface area contributed by atoms with E-state index in [1.54, 1.807) is 6.34 Å². The van der Waals surface area contributed by atoms with Gasteiger partial charge in [0.25, 0.3) is 0 Å². The minimum Gasteiger partial charge on any atom is -0.240 e. The zero-order valence-electron chi connectivity index (χ0n) is 14.8. The molecule has 3 aromatic carbocycles. The van der Waals surface area contributed by atoms with E-state index in [0.717, 1.165) is 29.0 Å². The van der Waals surface area contributed by atoms with E-state index >= 15 is 0 Å². The number of nitrogens with zero attached hydrogens (tertiary/aromatic N) is 2. The molecule has 0 saturated heterocycles. The molecule has 0 fully saturated rings. The first-order valence-electron chi connectivity index (χ1n) is 8.81. The van der Waals surface area contributed by atoms with Gasteiger partial charge in [0.15, 0.2) is 0 Å². The van der Waals surface area contributed by atoms with E-state index < -0.39 is 0 Å². The van der Waals surface area contributed by atoms with Crippen LogP contribution in [0.25, 0.3) is 16.8 Å². The highest BCUT2D eigenvalue weighted by atomic mass is 14.9. The van der Waals surface area contributed by atoms with Gasteiger partial charge in [0, 0.05) is 12.0 Å². The van der Waals surface area contributed by atoms with Crippen LogP contribution in [0.2, 0.25) is 0 Å². The molecule has 0 amide bonds. The lowest BCUT2D eigenvalue weighted by Crippen LogP contribution is -2.01. The molecular weight excluding hydrogens is 316 g/mol. The molecule has 1 aliphatic heterocycles. The van der Waals surface area contributed by atoms with Crippen LogP contribution in [0.1, 0.15) is 24.5 Å². The van der Waals surface area contributed by atoms with Crippen LogP contribution < -0.4 is 0 Å². The minimum atomic E-state index is 0.805. The van der Waals surface area contributed by atoms with Gasteiger partial charge in [0.05, 0.1) is 11.4 Å². The van der Waals surface area contributed by atoms with E-state index in [1.807, 2.05) is 24.3 Å². The summed E-state index contributed by atoms with van der Waals surface area (Å²) in [4.78, 5) is 9.19. The second-order valence-electron chi connectivity index (χ2n) is 6.44. The van der Waals surface area contributed by atoms with Gasteiger partial charge in [-0.15, -0.1) is 0 Å². The summed E-state index contributed by atoms with van der Waals surface area (Å²) in [5, 5.41) is 0. The highest BCUT2D eigenvalue weighted by Crippen LogP contribution is 2.27. The maximum Gasteiger partial charge on any atom is 0.116 e. The van der Waals surface area contributed by atoms with E-state index in [4.69, 9.17) is 0 Å². The fourth-order valence-corrected chi connectivity index (χ4v) is 3.23. The fraction of sp³-hybridized carbons (Fsp3) is 0.0833. The first-order chi connectivity index (χ1) is 12.8. The Morgan fingerprint density at radius 1 is 0.615 bits per heavy atom. The van der Waals surface area contributed by atoms with Gasteiger partial charge in [-0.05, 0) is 29.2 Å². The number of benzene rings is 3. The smallest absolute Gasteiger partial charge is 0.116 e. The van der Waals surface area contributed by atoms with Crippen LogP contribution in [0.4, 0.5) is 0 Å². The van der Waals surface area contributed by atoms with E-state index in [-0.39, 0.29) is 0 Å². The molecule has 26 heavy (non-hydrogen) atoms. The van der Waals surface area contributed by atoms with Crippen molar-refractivity contribution < 1.29 is 0 Å². The first-order valence-corrected chi connectivity index (χ1v) is 8.81. The zero-order chi connectivity index (χ0) is 17.8. The molecule has 1 heterocycles. The highest BCUT2D eigenvalue weighted by Gasteiger charge is 2.12. The van der Waals surface area contributed by atoms with Crippen molar-refractivity contribution in [1.29, 1.82) is 0 Å². The summed E-state index contributed by atoms with van der Waals surface area (Å²) in [7, 11) is 0. The molecule has 4 rings (SSSR count). The first kappa shape index (κ1) is 16.2. The van der Waals surface area contributed by atoms with Gasteiger partial charge in [0.2, 0.25) is 0 Å². The molecular formula is C24H20N2. The molecule has 0 N–H and O–H groups in total. The maximum absolute atomic E-state index is 4.62. The van der Waals surface area contributed by atoms with Gasteiger partial charge in [-0.2, -0.15) is 0 Å². The van der Waals surface area contributed by atoms with Crippen LogP contribution in [0, 0.1) is 0 Å². The Balaban J connectivity index is 1.62. The van der Waals surface area contributed by atoms with Crippen molar-refractivity contribution in [3.05, 3.63) is 102 Å². The summed E-state index contributed by atoms with van der Waals surface area (Å²) >= 11 is 0. The Morgan fingerprint density at radius 3 is 1.81 bits per heavy atom. The van der Waals surface area contributed by atoms with Crippen LogP contribution in [-0.4, -0.2) is 12.1 Å². The number of allylic oxidation sites excluding steroid dienone is 1. The Morgan fingerprint density at radius 2 is 1.15 bits per heavy atom. The largest absolute Gasteiger partial charge is 0.240 e. The van der Waals surface area contributed by atoms with E-state index in [0.29, 0.717) is 0 Å². The van der Waals surface area contributed by atoms with E-state index in [1.165, 1.54) is 16.7 Å². The van der Waals surface area contributed by atoms with Gasteiger partial charge in [-0.3, -0.25) is 0 Å². The van der Waals surface area contributed by atoms with Crippen LogP contribution >= 0.6 is 0 Å². The molecule has 2 nitrogen and oxygen atoms in total. The lowest BCUT2D eigenvalue weighted by molar-refractivity contribution is 1.25. The lowest BCUT2D eigenvalue weighted by Gasteiger charge is -2.09. The van der Waals surface area contributed by atoms with Gasteiger partial charge in [-0.25, -0.2) is 9.98 Å². The number of hydrogen-bond donors (Lipinski definition) is 0. The standard InChI is InChI=1S/C24H20N2/c1-18-16-23(21-10-6-3-7-11-21)25-17-26-24(18)22-14-12-20(13-15-22)19-8-4-2-5-9-19/h2-15,17H,16H2,1H3. The minimum absolute atomic E-state index is 0.805. The predicted octanol–water partition coefficient (Wildman–Crippen LogP) is 6.01. The van der Waals surface area contributed by atoms with Crippen molar-refractivity contribution in [3.8, 4) is 11.1 Å². The van der Waals surface area contributed by atoms with Gasteiger partial charge < -0.3 is 0 Å². The van der Waals surface area contributed by atoms with Gasteiger partial charge in [-0.1, -0.05) is 84.9 Å². The van der Waals surface area contributed by atoms with Gasteiger partial charge >= 0.3 is 0 Å². The lowest BCUT2D eigenvalue weighted by atomic mass is 9.98. The molecule has 2 heteroatoms. The number of rotatable bonds is 3. The molecule has 0 radical (unpaired) electrons. The second kappa shape index (κ2) is 7.32. The molecule has 1 aliphatic rings. The van der Waals surface area contributed by atoms with Gasteiger partial charge in [0.1, 0.15) is 6.34 Å². The average molecular weight is 336 g/mol. The summed E-state index contributed by atoms with van der Waals surface area (Å²) in [6.07, 6.45) is 2.49. The Labute approximate surface area is 154 Å². The van der Waals surface area contributed by atoms with Crippen LogP contribution in [0.15, 0.2) is 100 Å². The van der Waals surface area contributed by atoms with E-state index in [9.17, 15) is 0 Å². The molecule has 0 bridgehead atoms. The summed E-state index contributed by atoms with van der Waals surface area (Å²) < 4.78 is 0. The summed E-state index contributed by atoms with van der Waals surface area (Å²) in [6.45, 7) is 2.14. The van der Waals surface area contributed by atoms with Crippen molar-refractivity contribution in [1.82, 2.24) is 0 Å². The van der Waals surface area contributed by atoms with Crippen LogP contribution in [0.3, 0.4) is 0 Å². The summed E-state index contributed by atoms with van der Waals surface area (Å²) in [6, 6.07) is 29.3. The predicted molar refractivity (Wildman–Crippen MR) is 111 cm³/mol. The molecule has 0 aromatic heterocycles. The van der Waals surface area contributed by atoms with Crippen LogP contribution in [0.5, 0.6) is 0 Å². The Kier molecular flexibility index (Phi) is 4.57. The van der Waals surface area contributed by atoms with Crippen molar-refractivity contribution in [2.45, 2.75) is 13.3 Å². The van der Waals surface area contributed by atoms with Crippen molar-refractivity contribution in [2.75, 3.05) is 0 Å². The molecule has 3 aromatic rings. The summed E-state index contributed by atoms with van der Waals surface area (Å²) in [5.74, 6) is 0. The molecule has 0 aliphatic carbocycles. The monoisotopic (exact) mass is 336 g/mol. The average Bonchev–Trinajstić information content (AvgIpc) is 2.91. The highest BCUT2D eigenvalue weighted by molar-refractivity contribution is 6.07. The van der Waals surface area contributed by atoms with Crippen LogP contribution in [-0.2, 0) is 0 Å². The molecule has 0 atom stereocenters. The molecule has 0 unspecified atom stereocenters. The molecule has 0 saturated carbocycles. The molecule has 0 spiro atoms. The topological polar surface area (TPSA) is 24.7 Å². The zero-order valence-corrected chi connectivity index (χ0v) is 14.8. The number of aliphatic imine (C=N–C) groups is 2. The third-order valence-corrected chi connectivity index (χ3v) is 4.61. The van der Waals surface area contributed by atoms with Crippen molar-refractivity contribution in [2.24, 2.45) is 9.98 Å². The maximum atomic E-state index is 4.62. The SMILES string of the molecule is CC1=C(c2ccc(-c3ccccc3)cc2)N=CN=C(c2ccccc2)C1. The third kappa shape index (κ3) is 3.40. The van der Waals surface area contributed by atoms with Crippen molar-refractivity contribution >= 4 is 17.7 Å². The normalized spacial score (nSPS) is 14.1. The van der Waals surface area contributed by atoms with Crippen molar-refractivity contribution in [3.63, 3.8) is 0 Å². The third-order valence-electron chi connectivity index (χ3n) is 4.61. The fourth-order valence-electron chi connectivity index (χ4n) is 3.23.